The molecule has 5 heteroatoms. The zero-order chi connectivity index (χ0) is 18.2. The third-order valence-corrected chi connectivity index (χ3v) is 4.33. The summed E-state index contributed by atoms with van der Waals surface area (Å²) in [5.74, 6) is 0.774. The highest BCUT2D eigenvalue weighted by Gasteiger charge is 2.07. The number of carbonyl (C=O) groups excluding carboxylic acids is 1. The maximum absolute atomic E-state index is 12.2. The predicted octanol–water partition coefficient (Wildman–Crippen LogP) is 4.47. The van der Waals surface area contributed by atoms with Crippen LogP contribution < -0.4 is 4.74 Å². The molecule has 0 fully saturated rings. The van der Waals surface area contributed by atoms with Crippen LogP contribution in [0.1, 0.15) is 30.1 Å². The van der Waals surface area contributed by atoms with Crippen LogP contribution in [0.5, 0.6) is 5.75 Å². The van der Waals surface area contributed by atoms with Crippen molar-refractivity contribution in [1.82, 2.24) is 9.88 Å². The van der Waals surface area contributed by atoms with Gasteiger partial charge in [0, 0.05) is 24.5 Å². The summed E-state index contributed by atoms with van der Waals surface area (Å²) in [6.07, 6.45) is 3.41. The van der Waals surface area contributed by atoms with Crippen molar-refractivity contribution in [2.45, 2.75) is 27.4 Å². The van der Waals surface area contributed by atoms with Crippen molar-refractivity contribution in [3.8, 4) is 5.75 Å². The van der Waals surface area contributed by atoms with Gasteiger partial charge in [0.2, 0.25) is 5.91 Å². The molecular weight excluding hydrogens is 332 g/mol. The lowest BCUT2D eigenvalue weighted by molar-refractivity contribution is -0.125. The number of aryl methyl sites for hydroxylation is 1. The SMILES string of the molecule is C=C(C)CN(CC)C(=O)/C=C/c1ccc(OCc2csc(C)n2)cc1. The van der Waals surface area contributed by atoms with Crippen LogP contribution in [0.3, 0.4) is 0 Å². The fraction of sp³-hybridized carbons (Fsp3) is 0.300. The number of hydrogen-bond donors (Lipinski definition) is 0. The molecule has 1 aromatic heterocycles. The minimum absolute atomic E-state index is 0.00951. The lowest BCUT2D eigenvalue weighted by atomic mass is 10.2. The summed E-state index contributed by atoms with van der Waals surface area (Å²) in [5, 5.41) is 3.04. The molecule has 132 valence electrons. The molecule has 0 aliphatic heterocycles. The van der Waals surface area contributed by atoms with Gasteiger partial charge in [0.15, 0.2) is 0 Å². The van der Waals surface area contributed by atoms with Crippen LogP contribution in [0.2, 0.25) is 0 Å². The summed E-state index contributed by atoms with van der Waals surface area (Å²) < 4.78 is 5.72. The molecule has 25 heavy (non-hydrogen) atoms. The lowest BCUT2D eigenvalue weighted by Crippen LogP contribution is -2.30. The van der Waals surface area contributed by atoms with Crippen LogP contribution in [0.25, 0.3) is 6.08 Å². The van der Waals surface area contributed by atoms with E-state index in [0.29, 0.717) is 19.7 Å². The predicted molar refractivity (Wildman–Crippen MR) is 104 cm³/mol. The Labute approximate surface area is 153 Å². The van der Waals surface area contributed by atoms with E-state index in [4.69, 9.17) is 4.74 Å². The Morgan fingerprint density at radius 3 is 2.64 bits per heavy atom. The Morgan fingerprint density at radius 2 is 2.08 bits per heavy atom. The molecule has 0 saturated carbocycles. The normalized spacial score (nSPS) is 10.8. The second-order valence-electron chi connectivity index (χ2n) is 5.86. The van der Waals surface area contributed by atoms with Gasteiger partial charge in [-0.05, 0) is 44.5 Å². The topological polar surface area (TPSA) is 42.4 Å². The summed E-state index contributed by atoms with van der Waals surface area (Å²) >= 11 is 1.62. The van der Waals surface area contributed by atoms with E-state index in [9.17, 15) is 4.79 Å². The number of likely N-dealkylation sites (N-methyl/N-ethyl adjacent to an activating group) is 1. The number of amides is 1. The minimum Gasteiger partial charge on any atom is -0.487 e. The number of thiazole rings is 1. The third-order valence-electron chi connectivity index (χ3n) is 3.51. The van der Waals surface area contributed by atoms with Crippen LogP contribution in [0, 0.1) is 6.92 Å². The van der Waals surface area contributed by atoms with Crippen LogP contribution in [0.4, 0.5) is 0 Å². The highest BCUT2D eigenvalue weighted by atomic mass is 32.1. The first-order valence-corrected chi connectivity index (χ1v) is 9.11. The zero-order valence-corrected chi connectivity index (χ0v) is 15.8. The van der Waals surface area contributed by atoms with Gasteiger partial charge in [-0.1, -0.05) is 24.3 Å². The molecule has 0 atom stereocenters. The Morgan fingerprint density at radius 1 is 1.36 bits per heavy atom. The summed E-state index contributed by atoms with van der Waals surface area (Å²) in [7, 11) is 0. The van der Waals surface area contributed by atoms with Crippen LogP contribution in [0.15, 0.2) is 47.9 Å². The van der Waals surface area contributed by atoms with Crippen LogP contribution >= 0.6 is 11.3 Å². The molecule has 1 aromatic carbocycles. The smallest absolute Gasteiger partial charge is 0.246 e. The van der Waals surface area contributed by atoms with E-state index in [1.807, 2.05) is 56.5 Å². The third kappa shape index (κ3) is 6.19. The first-order chi connectivity index (χ1) is 12.0. The number of rotatable bonds is 8. The van der Waals surface area contributed by atoms with Crippen LogP contribution in [-0.4, -0.2) is 28.9 Å². The number of aromatic nitrogens is 1. The molecule has 0 unspecified atom stereocenters. The molecular formula is C20H24N2O2S. The molecule has 2 rings (SSSR count). The van der Waals surface area contributed by atoms with Gasteiger partial charge in [-0.25, -0.2) is 4.98 Å². The minimum atomic E-state index is -0.00951. The number of hydrogen-bond acceptors (Lipinski definition) is 4. The largest absolute Gasteiger partial charge is 0.487 e. The first kappa shape index (κ1) is 18.9. The second kappa shape index (κ2) is 9.18. The number of ether oxygens (including phenoxy) is 1. The van der Waals surface area contributed by atoms with Crippen molar-refractivity contribution in [1.29, 1.82) is 0 Å². The van der Waals surface area contributed by atoms with E-state index in [2.05, 4.69) is 11.6 Å². The number of benzene rings is 1. The average molecular weight is 356 g/mol. The Balaban J connectivity index is 1.90. The summed E-state index contributed by atoms with van der Waals surface area (Å²) in [6, 6.07) is 7.66. The van der Waals surface area contributed by atoms with Crippen molar-refractivity contribution in [3.63, 3.8) is 0 Å². The van der Waals surface area contributed by atoms with E-state index in [0.717, 1.165) is 27.6 Å². The van der Waals surface area contributed by atoms with Gasteiger partial charge in [0.05, 0.1) is 10.7 Å². The van der Waals surface area contributed by atoms with Crippen molar-refractivity contribution in [2.75, 3.05) is 13.1 Å². The highest BCUT2D eigenvalue weighted by molar-refractivity contribution is 7.09. The molecule has 0 aliphatic carbocycles. The van der Waals surface area contributed by atoms with E-state index in [1.165, 1.54) is 0 Å². The van der Waals surface area contributed by atoms with Crippen molar-refractivity contribution >= 4 is 23.3 Å². The Hall–Kier alpha value is -2.40. The second-order valence-corrected chi connectivity index (χ2v) is 6.92. The van der Waals surface area contributed by atoms with Crippen molar-refractivity contribution in [3.05, 3.63) is 64.1 Å². The fourth-order valence-electron chi connectivity index (χ4n) is 2.25. The average Bonchev–Trinajstić information content (AvgIpc) is 3.01. The fourth-order valence-corrected chi connectivity index (χ4v) is 2.85. The quantitative estimate of drug-likeness (QED) is 0.518. The summed E-state index contributed by atoms with van der Waals surface area (Å²) in [4.78, 5) is 18.3. The number of carbonyl (C=O) groups is 1. The number of nitrogens with zero attached hydrogens (tertiary/aromatic N) is 2. The Bertz CT molecular complexity index is 747. The summed E-state index contributed by atoms with van der Waals surface area (Å²) in [5.41, 5.74) is 2.87. The van der Waals surface area contributed by atoms with E-state index >= 15 is 0 Å². The molecule has 0 saturated heterocycles. The van der Waals surface area contributed by atoms with Crippen LogP contribution in [-0.2, 0) is 11.4 Å². The molecule has 0 N–H and O–H groups in total. The lowest BCUT2D eigenvalue weighted by Gasteiger charge is -2.18. The van der Waals surface area contributed by atoms with E-state index < -0.39 is 0 Å². The van der Waals surface area contributed by atoms with Gasteiger partial charge in [-0.3, -0.25) is 4.79 Å². The standard InChI is InChI=1S/C20H24N2O2S/c1-5-22(12-15(2)3)20(23)11-8-17-6-9-19(10-7-17)24-13-18-14-25-16(4)21-18/h6-11,14H,2,5,12-13H2,1,3-4H3/b11-8+. The monoisotopic (exact) mass is 356 g/mol. The van der Waals surface area contributed by atoms with Crippen molar-refractivity contribution in [2.24, 2.45) is 0 Å². The van der Waals surface area contributed by atoms with Gasteiger partial charge < -0.3 is 9.64 Å². The van der Waals surface area contributed by atoms with Gasteiger partial charge in [-0.15, -0.1) is 11.3 Å². The molecule has 2 aromatic rings. The summed E-state index contributed by atoms with van der Waals surface area (Å²) in [6.45, 7) is 11.4. The van der Waals surface area contributed by atoms with Gasteiger partial charge in [0.1, 0.15) is 12.4 Å². The van der Waals surface area contributed by atoms with E-state index in [-0.39, 0.29) is 5.91 Å². The molecule has 0 bridgehead atoms. The Kier molecular flexibility index (Phi) is 6.95. The molecule has 0 aliphatic rings. The zero-order valence-electron chi connectivity index (χ0n) is 15.0. The highest BCUT2D eigenvalue weighted by Crippen LogP contribution is 2.16. The van der Waals surface area contributed by atoms with E-state index in [1.54, 1.807) is 22.3 Å². The molecule has 0 spiro atoms. The molecule has 4 nitrogen and oxygen atoms in total. The van der Waals surface area contributed by atoms with Gasteiger partial charge in [-0.2, -0.15) is 0 Å². The van der Waals surface area contributed by atoms with Gasteiger partial charge in [0.25, 0.3) is 0 Å². The molecule has 1 amide bonds. The molecule has 1 heterocycles. The first-order valence-electron chi connectivity index (χ1n) is 8.23. The maximum atomic E-state index is 12.2. The van der Waals surface area contributed by atoms with Gasteiger partial charge >= 0.3 is 0 Å². The molecule has 0 radical (unpaired) electrons. The maximum Gasteiger partial charge on any atom is 0.246 e. The van der Waals surface area contributed by atoms with Crippen molar-refractivity contribution < 1.29 is 9.53 Å².